The zero-order chi connectivity index (χ0) is 14.3. The standard InChI is InChI=1S/C14H19NO4/c1-3-10(2)15-13(17)9-19-14(18)12-6-4-11(8-16)5-7-12/h4-7,10,16H,3,8-9H2,1-2H3,(H,15,17)/t10-/m1/s1. The van der Waals surface area contributed by atoms with E-state index in [4.69, 9.17) is 9.84 Å². The van der Waals surface area contributed by atoms with Crippen molar-refractivity contribution in [2.24, 2.45) is 0 Å². The molecule has 5 nitrogen and oxygen atoms in total. The summed E-state index contributed by atoms with van der Waals surface area (Å²) < 4.78 is 4.90. The highest BCUT2D eigenvalue weighted by Gasteiger charge is 2.11. The van der Waals surface area contributed by atoms with Gasteiger partial charge in [0.15, 0.2) is 6.61 Å². The third-order valence-electron chi connectivity index (χ3n) is 2.73. The highest BCUT2D eigenvalue weighted by molar-refractivity contribution is 5.91. The fraction of sp³-hybridized carbons (Fsp3) is 0.429. The average Bonchev–Trinajstić information content (AvgIpc) is 2.44. The Hall–Kier alpha value is -1.88. The number of esters is 1. The van der Waals surface area contributed by atoms with Crippen LogP contribution >= 0.6 is 0 Å². The molecule has 104 valence electrons. The van der Waals surface area contributed by atoms with E-state index in [1.54, 1.807) is 24.3 Å². The summed E-state index contributed by atoms with van der Waals surface area (Å²) >= 11 is 0. The maximum atomic E-state index is 11.6. The van der Waals surface area contributed by atoms with Gasteiger partial charge in [-0.05, 0) is 31.0 Å². The summed E-state index contributed by atoms with van der Waals surface area (Å²) in [6, 6.07) is 6.45. The summed E-state index contributed by atoms with van der Waals surface area (Å²) in [5, 5.41) is 11.6. The van der Waals surface area contributed by atoms with Gasteiger partial charge in [-0.15, -0.1) is 0 Å². The molecule has 0 aliphatic rings. The lowest BCUT2D eigenvalue weighted by atomic mass is 10.1. The number of aliphatic hydroxyl groups is 1. The molecule has 0 aliphatic carbocycles. The monoisotopic (exact) mass is 265 g/mol. The zero-order valence-corrected chi connectivity index (χ0v) is 11.2. The smallest absolute Gasteiger partial charge is 0.338 e. The number of ether oxygens (including phenoxy) is 1. The van der Waals surface area contributed by atoms with Crippen molar-refractivity contribution < 1.29 is 19.4 Å². The van der Waals surface area contributed by atoms with Crippen LogP contribution in [-0.2, 0) is 16.1 Å². The van der Waals surface area contributed by atoms with E-state index in [-0.39, 0.29) is 25.2 Å². The third-order valence-corrected chi connectivity index (χ3v) is 2.73. The van der Waals surface area contributed by atoms with E-state index in [1.807, 2.05) is 13.8 Å². The molecule has 5 heteroatoms. The number of hydrogen-bond acceptors (Lipinski definition) is 4. The van der Waals surface area contributed by atoms with Crippen LogP contribution in [-0.4, -0.2) is 29.6 Å². The van der Waals surface area contributed by atoms with E-state index >= 15 is 0 Å². The predicted octanol–water partition coefficient (Wildman–Crippen LogP) is 1.25. The molecule has 0 saturated carbocycles. The van der Waals surface area contributed by atoms with Crippen LogP contribution in [0.1, 0.15) is 36.2 Å². The van der Waals surface area contributed by atoms with Gasteiger partial charge in [0, 0.05) is 6.04 Å². The Morgan fingerprint density at radius 3 is 2.47 bits per heavy atom. The second kappa shape index (κ2) is 7.53. The van der Waals surface area contributed by atoms with Crippen molar-refractivity contribution in [3.63, 3.8) is 0 Å². The molecule has 19 heavy (non-hydrogen) atoms. The number of hydrogen-bond donors (Lipinski definition) is 2. The van der Waals surface area contributed by atoms with Crippen molar-refractivity contribution in [1.82, 2.24) is 5.32 Å². The van der Waals surface area contributed by atoms with Crippen LogP contribution in [0.25, 0.3) is 0 Å². The molecule has 0 radical (unpaired) electrons. The van der Waals surface area contributed by atoms with Crippen LogP contribution in [0.4, 0.5) is 0 Å². The Kier molecular flexibility index (Phi) is 6.02. The van der Waals surface area contributed by atoms with Gasteiger partial charge in [0.05, 0.1) is 12.2 Å². The molecule has 0 fully saturated rings. The van der Waals surface area contributed by atoms with Crippen molar-refractivity contribution >= 4 is 11.9 Å². The topological polar surface area (TPSA) is 75.6 Å². The van der Waals surface area contributed by atoms with Crippen LogP contribution in [0.2, 0.25) is 0 Å². The van der Waals surface area contributed by atoms with Crippen molar-refractivity contribution in [3.8, 4) is 0 Å². The Labute approximate surface area is 112 Å². The van der Waals surface area contributed by atoms with Gasteiger partial charge in [-0.2, -0.15) is 0 Å². The first kappa shape index (κ1) is 15.2. The number of carbonyl (C=O) groups is 2. The molecule has 1 atom stereocenters. The maximum absolute atomic E-state index is 11.6. The van der Waals surface area contributed by atoms with Crippen molar-refractivity contribution in [2.45, 2.75) is 32.9 Å². The lowest BCUT2D eigenvalue weighted by Crippen LogP contribution is -2.35. The number of amides is 1. The highest BCUT2D eigenvalue weighted by Crippen LogP contribution is 2.05. The predicted molar refractivity (Wildman–Crippen MR) is 70.5 cm³/mol. The maximum Gasteiger partial charge on any atom is 0.338 e. The molecule has 0 spiro atoms. The van der Waals surface area contributed by atoms with Gasteiger partial charge in [-0.3, -0.25) is 4.79 Å². The molecule has 0 saturated heterocycles. The molecule has 0 aromatic heterocycles. The molecule has 0 heterocycles. The van der Waals surface area contributed by atoms with E-state index in [0.29, 0.717) is 11.1 Å². The summed E-state index contributed by atoms with van der Waals surface area (Å²) in [6.45, 7) is 3.48. The number of rotatable bonds is 6. The van der Waals surface area contributed by atoms with Crippen LogP contribution in [0, 0.1) is 0 Å². The largest absolute Gasteiger partial charge is 0.452 e. The molecule has 0 aliphatic heterocycles. The lowest BCUT2D eigenvalue weighted by Gasteiger charge is -2.11. The first-order valence-electron chi connectivity index (χ1n) is 6.23. The summed E-state index contributed by atoms with van der Waals surface area (Å²) in [6.07, 6.45) is 0.822. The second-order valence-electron chi connectivity index (χ2n) is 4.31. The minimum absolute atomic E-state index is 0.0649. The van der Waals surface area contributed by atoms with E-state index < -0.39 is 5.97 Å². The Balaban J connectivity index is 2.44. The molecule has 1 aromatic carbocycles. The fourth-order valence-electron chi connectivity index (χ4n) is 1.38. The van der Waals surface area contributed by atoms with Crippen LogP contribution < -0.4 is 5.32 Å². The minimum atomic E-state index is -0.552. The van der Waals surface area contributed by atoms with Gasteiger partial charge >= 0.3 is 5.97 Å². The molecule has 1 amide bonds. The van der Waals surface area contributed by atoms with Gasteiger partial charge in [-0.25, -0.2) is 4.79 Å². The van der Waals surface area contributed by atoms with E-state index in [1.165, 1.54) is 0 Å². The summed E-state index contributed by atoms with van der Waals surface area (Å²) in [5.41, 5.74) is 1.07. The molecular weight excluding hydrogens is 246 g/mol. The minimum Gasteiger partial charge on any atom is -0.452 e. The number of aliphatic hydroxyl groups excluding tert-OH is 1. The molecule has 0 unspecified atom stereocenters. The van der Waals surface area contributed by atoms with Crippen molar-refractivity contribution in [2.75, 3.05) is 6.61 Å². The van der Waals surface area contributed by atoms with Gasteiger partial charge in [0.25, 0.3) is 5.91 Å². The van der Waals surface area contributed by atoms with Crippen LogP contribution in [0.5, 0.6) is 0 Å². The van der Waals surface area contributed by atoms with Crippen molar-refractivity contribution in [1.29, 1.82) is 0 Å². The van der Waals surface area contributed by atoms with Crippen molar-refractivity contribution in [3.05, 3.63) is 35.4 Å². The van der Waals surface area contributed by atoms with Gasteiger partial charge < -0.3 is 15.2 Å². The molecule has 1 rings (SSSR count). The van der Waals surface area contributed by atoms with Crippen LogP contribution in [0.15, 0.2) is 24.3 Å². The van der Waals surface area contributed by atoms with E-state index in [9.17, 15) is 9.59 Å². The quantitative estimate of drug-likeness (QED) is 0.759. The highest BCUT2D eigenvalue weighted by atomic mass is 16.5. The molecule has 2 N–H and O–H groups in total. The fourth-order valence-corrected chi connectivity index (χ4v) is 1.38. The zero-order valence-electron chi connectivity index (χ0n) is 11.2. The molecule has 0 bridgehead atoms. The lowest BCUT2D eigenvalue weighted by molar-refractivity contribution is -0.124. The van der Waals surface area contributed by atoms with E-state index in [2.05, 4.69) is 5.32 Å². The first-order chi connectivity index (χ1) is 9.06. The number of nitrogens with one attached hydrogen (secondary N) is 1. The second-order valence-corrected chi connectivity index (χ2v) is 4.31. The summed E-state index contributed by atoms with van der Waals surface area (Å²) in [4.78, 5) is 23.1. The summed E-state index contributed by atoms with van der Waals surface area (Å²) in [7, 11) is 0. The number of benzene rings is 1. The average molecular weight is 265 g/mol. The van der Waals surface area contributed by atoms with Crippen LogP contribution in [0.3, 0.4) is 0 Å². The first-order valence-corrected chi connectivity index (χ1v) is 6.23. The Morgan fingerprint density at radius 2 is 1.95 bits per heavy atom. The summed E-state index contributed by atoms with van der Waals surface area (Å²) in [5.74, 6) is -0.863. The third kappa shape index (κ3) is 5.09. The number of carbonyl (C=O) groups excluding carboxylic acids is 2. The van der Waals surface area contributed by atoms with Gasteiger partial charge in [0.1, 0.15) is 0 Å². The van der Waals surface area contributed by atoms with Gasteiger partial charge in [-0.1, -0.05) is 19.1 Å². The SMILES string of the molecule is CC[C@@H](C)NC(=O)COC(=O)c1ccc(CO)cc1. The Bertz CT molecular complexity index is 428. The van der Waals surface area contributed by atoms with E-state index in [0.717, 1.165) is 6.42 Å². The van der Waals surface area contributed by atoms with Gasteiger partial charge in [0.2, 0.25) is 0 Å². The molecular formula is C14H19NO4. The Morgan fingerprint density at radius 1 is 1.32 bits per heavy atom. The molecule has 1 aromatic rings. The normalized spacial score (nSPS) is 11.7.